The summed E-state index contributed by atoms with van der Waals surface area (Å²) in [6.45, 7) is 5.59. The van der Waals surface area contributed by atoms with Crippen LogP contribution in [0.15, 0.2) is 42.5 Å². The first-order valence-electron chi connectivity index (χ1n) is 7.11. The van der Waals surface area contributed by atoms with Gasteiger partial charge in [-0.2, -0.15) is 0 Å². The highest BCUT2D eigenvalue weighted by molar-refractivity contribution is 5.55. The van der Waals surface area contributed by atoms with Crippen LogP contribution in [0.2, 0.25) is 0 Å². The fraction of sp³-hybridized carbons (Fsp3) is 0.294. The van der Waals surface area contributed by atoms with E-state index in [0.29, 0.717) is 25.5 Å². The van der Waals surface area contributed by atoms with Crippen molar-refractivity contribution in [3.8, 4) is 11.5 Å². The van der Waals surface area contributed by atoms with Crippen LogP contribution in [-0.4, -0.2) is 13.2 Å². The number of rotatable bonds is 7. The Kier molecular flexibility index (Phi) is 5.43. The molecule has 1 N–H and O–H groups in total. The lowest BCUT2D eigenvalue weighted by Crippen LogP contribution is -2.02. The average molecular weight is 289 g/mol. The van der Waals surface area contributed by atoms with Crippen LogP contribution >= 0.6 is 0 Å². The Balaban J connectivity index is 2.07. The van der Waals surface area contributed by atoms with Crippen LogP contribution in [0.4, 0.5) is 10.1 Å². The Labute approximate surface area is 124 Å². The van der Waals surface area contributed by atoms with Crippen molar-refractivity contribution in [2.24, 2.45) is 0 Å². The van der Waals surface area contributed by atoms with Gasteiger partial charge >= 0.3 is 0 Å². The molecule has 21 heavy (non-hydrogen) atoms. The molecule has 0 radical (unpaired) electrons. The van der Waals surface area contributed by atoms with Gasteiger partial charge in [-0.1, -0.05) is 12.1 Å². The van der Waals surface area contributed by atoms with E-state index in [0.717, 1.165) is 17.0 Å². The third-order valence-electron chi connectivity index (χ3n) is 2.93. The first-order chi connectivity index (χ1) is 10.2. The molecule has 0 heterocycles. The molecule has 0 fully saturated rings. The van der Waals surface area contributed by atoms with E-state index >= 15 is 0 Å². The van der Waals surface area contributed by atoms with Gasteiger partial charge in [0.1, 0.15) is 5.82 Å². The molecule has 2 aromatic carbocycles. The van der Waals surface area contributed by atoms with Gasteiger partial charge in [-0.3, -0.25) is 0 Å². The zero-order valence-corrected chi connectivity index (χ0v) is 12.4. The van der Waals surface area contributed by atoms with E-state index in [9.17, 15) is 4.39 Å². The SMILES string of the molecule is CCOc1ccc(NCc2cccc(F)c2)cc1OCC. The zero-order valence-electron chi connectivity index (χ0n) is 12.4. The quantitative estimate of drug-likeness (QED) is 0.827. The number of hydrogen-bond acceptors (Lipinski definition) is 3. The van der Waals surface area contributed by atoms with Crippen molar-refractivity contribution in [1.82, 2.24) is 0 Å². The molecule has 0 bridgehead atoms. The molecule has 2 aromatic rings. The lowest BCUT2D eigenvalue weighted by atomic mass is 10.2. The molecule has 0 aliphatic carbocycles. The number of hydrogen-bond donors (Lipinski definition) is 1. The lowest BCUT2D eigenvalue weighted by Gasteiger charge is -2.13. The third kappa shape index (κ3) is 4.38. The molecular weight excluding hydrogens is 269 g/mol. The standard InChI is InChI=1S/C17H20FNO2/c1-3-20-16-9-8-15(11-17(16)21-4-2)19-12-13-6-5-7-14(18)10-13/h5-11,19H,3-4,12H2,1-2H3. The summed E-state index contributed by atoms with van der Waals surface area (Å²) in [6, 6.07) is 12.2. The van der Waals surface area contributed by atoms with Crippen molar-refractivity contribution in [2.75, 3.05) is 18.5 Å². The van der Waals surface area contributed by atoms with E-state index < -0.39 is 0 Å². The molecule has 0 atom stereocenters. The van der Waals surface area contributed by atoms with Crippen molar-refractivity contribution >= 4 is 5.69 Å². The van der Waals surface area contributed by atoms with E-state index in [4.69, 9.17) is 9.47 Å². The van der Waals surface area contributed by atoms with Crippen molar-refractivity contribution in [3.05, 3.63) is 53.8 Å². The van der Waals surface area contributed by atoms with Crippen LogP contribution in [0.1, 0.15) is 19.4 Å². The van der Waals surface area contributed by atoms with E-state index in [-0.39, 0.29) is 5.82 Å². The minimum atomic E-state index is -0.226. The predicted molar refractivity (Wildman–Crippen MR) is 82.5 cm³/mol. The van der Waals surface area contributed by atoms with Crippen LogP contribution in [0.25, 0.3) is 0 Å². The topological polar surface area (TPSA) is 30.5 Å². The van der Waals surface area contributed by atoms with E-state index in [1.807, 2.05) is 38.1 Å². The van der Waals surface area contributed by atoms with Gasteiger partial charge in [0.25, 0.3) is 0 Å². The van der Waals surface area contributed by atoms with Gasteiger partial charge in [0.15, 0.2) is 11.5 Å². The average Bonchev–Trinajstić information content (AvgIpc) is 2.48. The molecule has 0 unspecified atom stereocenters. The molecule has 0 amide bonds. The molecule has 0 spiro atoms. The Morgan fingerprint density at radius 3 is 2.43 bits per heavy atom. The molecule has 112 valence electrons. The maximum Gasteiger partial charge on any atom is 0.163 e. The molecule has 2 rings (SSSR count). The fourth-order valence-electron chi connectivity index (χ4n) is 2.01. The molecule has 0 aromatic heterocycles. The summed E-state index contributed by atoms with van der Waals surface area (Å²) >= 11 is 0. The molecule has 0 aliphatic heterocycles. The largest absolute Gasteiger partial charge is 0.490 e. The molecule has 0 aliphatic rings. The van der Waals surface area contributed by atoms with Crippen LogP contribution in [0.3, 0.4) is 0 Å². The minimum absolute atomic E-state index is 0.226. The summed E-state index contributed by atoms with van der Waals surface area (Å²) in [5, 5.41) is 3.25. The summed E-state index contributed by atoms with van der Waals surface area (Å²) in [6.07, 6.45) is 0. The Morgan fingerprint density at radius 2 is 1.71 bits per heavy atom. The van der Waals surface area contributed by atoms with Crippen LogP contribution in [-0.2, 0) is 6.54 Å². The van der Waals surface area contributed by atoms with Gasteiger partial charge in [-0.15, -0.1) is 0 Å². The first-order valence-corrected chi connectivity index (χ1v) is 7.11. The summed E-state index contributed by atoms with van der Waals surface area (Å²) < 4.78 is 24.2. The maximum absolute atomic E-state index is 13.1. The van der Waals surface area contributed by atoms with Crippen molar-refractivity contribution in [2.45, 2.75) is 20.4 Å². The van der Waals surface area contributed by atoms with Crippen molar-refractivity contribution in [3.63, 3.8) is 0 Å². The number of anilines is 1. The smallest absolute Gasteiger partial charge is 0.163 e. The van der Waals surface area contributed by atoms with Gasteiger partial charge in [0, 0.05) is 18.3 Å². The Hall–Kier alpha value is -2.23. The van der Waals surface area contributed by atoms with Gasteiger partial charge in [0.05, 0.1) is 13.2 Å². The molecule has 0 saturated carbocycles. The number of ether oxygens (including phenoxy) is 2. The second-order valence-corrected chi connectivity index (χ2v) is 4.51. The Bertz CT molecular complexity index is 587. The predicted octanol–water partition coefficient (Wildman–Crippen LogP) is 4.24. The fourth-order valence-corrected chi connectivity index (χ4v) is 2.01. The molecule has 0 saturated heterocycles. The monoisotopic (exact) mass is 289 g/mol. The van der Waals surface area contributed by atoms with Gasteiger partial charge < -0.3 is 14.8 Å². The third-order valence-corrected chi connectivity index (χ3v) is 2.93. The van der Waals surface area contributed by atoms with Gasteiger partial charge in [-0.25, -0.2) is 4.39 Å². The number of halogens is 1. The number of nitrogens with one attached hydrogen (secondary N) is 1. The second-order valence-electron chi connectivity index (χ2n) is 4.51. The number of benzene rings is 2. The molecule has 4 heteroatoms. The lowest BCUT2D eigenvalue weighted by molar-refractivity contribution is 0.288. The van der Waals surface area contributed by atoms with Crippen LogP contribution in [0.5, 0.6) is 11.5 Å². The molecule has 3 nitrogen and oxygen atoms in total. The summed E-state index contributed by atoms with van der Waals surface area (Å²) in [5.41, 5.74) is 1.80. The van der Waals surface area contributed by atoms with Crippen LogP contribution in [0, 0.1) is 5.82 Å². The zero-order chi connectivity index (χ0) is 15.1. The maximum atomic E-state index is 13.1. The van der Waals surface area contributed by atoms with E-state index in [1.165, 1.54) is 12.1 Å². The van der Waals surface area contributed by atoms with Crippen LogP contribution < -0.4 is 14.8 Å². The minimum Gasteiger partial charge on any atom is -0.490 e. The van der Waals surface area contributed by atoms with E-state index in [2.05, 4.69) is 5.32 Å². The summed E-state index contributed by atoms with van der Waals surface area (Å²) in [7, 11) is 0. The normalized spacial score (nSPS) is 10.2. The second kappa shape index (κ2) is 7.53. The summed E-state index contributed by atoms with van der Waals surface area (Å²) in [4.78, 5) is 0. The van der Waals surface area contributed by atoms with Crippen molar-refractivity contribution in [1.29, 1.82) is 0 Å². The Morgan fingerprint density at radius 1 is 0.952 bits per heavy atom. The molecular formula is C17H20FNO2. The van der Waals surface area contributed by atoms with Gasteiger partial charge in [0.2, 0.25) is 0 Å². The highest BCUT2D eigenvalue weighted by atomic mass is 19.1. The summed E-state index contributed by atoms with van der Waals surface area (Å²) in [5.74, 6) is 1.22. The highest BCUT2D eigenvalue weighted by Crippen LogP contribution is 2.30. The highest BCUT2D eigenvalue weighted by Gasteiger charge is 2.06. The van der Waals surface area contributed by atoms with E-state index in [1.54, 1.807) is 6.07 Å². The van der Waals surface area contributed by atoms with Crippen molar-refractivity contribution < 1.29 is 13.9 Å². The van der Waals surface area contributed by atoms with Gasteiger partial charge in [-0.05, 0) is 43.7 Å². The first kappa shape index (κ1) is 15.2.